The Morgan fingerprint density at radius 1 is 1.00 bits per heavy atom. The van der Waals surface area contributed by atoms with Crippen LogP contribution in [0.4, 0.5) is 4.39 Å². The van der Waals surface area contributed by atoms with Crippen LogP contribution in [0.15, 0.2) is 128 Å². The molecule has 0 radical (unpaired) electrons. The number of benzene rings is 3. The molecular formula is C35H29FN6. The molecule has 0 fully saturated rings. The van der Waals surface area contributed by atoms with Gasteiger partial charge in [-0.1, -0.05) is 67.8 Å². The van der Waals surface area contributed by atoms with Crippen molar-refractivity contribution in [1.29, 1.82) is 0 Å². The molecule has 3 N–H and O–H groups in total. The second kappa shape index (κ2) is 11.5. The number of fused-ring (bicyclic) bond motifs is 2. The number of aromatic amines is 2. The molecule has 0 atom stereocenters. The number of halogens is 1. The normalized spacial score (nSPS) is 12.1. The highest BCUT2D eigenvalue weighted by molar-refractivity contribution is 5.98. The van der Waals surface area contributed by atoms with Crippen molar-refractivity contribution in [3.05, 3.63) is 145 Å². The summed E-state index contributed by atoms with van der Waals surface area (Å²) in [5, 5.41) is 12.1. The van der Waals surface area contributed by atoms with Gasteiger partial charge in [0.05, 0.1) is 22.7 Å². The lowest BCUT2D eigenvalue weighted by atomic mass is 10.0. The molecule has 7 heteroatoms. The Kier molecular flexibility index (Phi) is 7.30. The highest BCUT2D eigenvalue weighted by Crippen LogP contribution is 2.32. The standard InChI is InChI=1S/C35H29FN6/c1-4-24(18-28(5-2)38-22(3)17-23-9-7-6-8-10-23)26-13-16-31-29(19-26)34(42-41-31)35-39-32-21-37-20-30(33(32)40-35)25-11-14-27(36)15-12-25/h4-16,18-21,38H,2-3,17H2,1H3,(H,39,40)(H,41,42)/b24-4+,28-18+. The van der Waals surface area contributed by atoms with E-state index in [-0.39, 0.29) is 5.82 Å². The molecule has 0 aliphatic rings. The molecule has 206 valence electrons. The number of allylic oxidation sites excluding steroid dienone is 5. The summed E-state index contributed by atoms with van der Waals surface area (Å²) in [4.78, 5) is 12.6. The van der Waals surface area contributed by atoms with Gasteiger partial charge in [-0.05, 0) is 65.6 Å². The Bertz CT molecular complexity index is 1980. The average Bonchev–Trinajstić information content (AvgIpc) is 3.64. The molecule has 0 amide bonds. The van der Waals surface area contributed by atoms with Crippen LogP contribution in [0, 0.1) is 5.82 Å². The quantitative estimate of drug-likeness (QED) is 0.158. The molecule has 0 aliphatic carbocycles. The SMILES string of the molecule is C=C/C(=C\C(=C/C)c1ccc2[nH]nc(-c3nc4c(-c5ccc(F)cc5)cncc4[nH]3)c2c1)NC(=C)Cc1ccccc1. The average molecular weight is 553 g/mol. The molecule has 0 spiro atoms. The summed E-state index contributed by atoms with van der Waals surface area (Å²) in [7, 11) is 0. The Labute approximate surface area is 243 Å². The first-order valence-electron chi connectivity index (χ1n) is 13.6. The largest absolute Gasteiger partial charge is 0.359 e. The highest BCUT2D eigenvalue weighted by Gasteiger charge is 2.16. The zero-order valence-corrected chi connectivity index (χ0v) is 23.2. The summed E-state index contributed by atoms with van der Waals surface area (Å²) in [6.45, 7) is 10.2. The third kappa shape index (κ3) is 5.40. The molecule has 6 nitrogen and oxygen atoms in total. The molecule has 0 bridgehead atoms. The maximum Gasteiger partial charge on any atom is 0.159 e. The minimum Gasteiger partial charge on any atom is -0.359 e. The summed E-state index contributed by atoms with van der Waals surface area (Å²) >= 11 is 0. The molecule has 0 unspecified atom stereocenters. The number of hydrogen-bond acceptors (Lipinski definition) is 4. The lowest BCUT2D eigenvalue weighted by Crippen LogP contribution is -2.12. The van der Waals surface area contributed by atoms with Crippen LogP contribution < -0.4 is 5.32 Å². The Morgan fingerprint density at radius 3 is 2.57 bits per heavy atom. The molecular weight excluding hydrogens is 523 g/mol. The maximum absolute atomic E-state index is 13.5. The molecule has 3 aromatic heterocycles. The van der Waals surface area contributed by atoms with Crippen molar-refractivity contribution >= 4 is 27.5 Å². The van der Waals surface area contributed by atoms with Crippen molar-refractivity contribution in [3.63, 3.8) is 0 Å². The van der Waals surface area contributed by atoms with Crippen molar-refractivity contribution in [1.82, 2.24) is 30.5 Å². The molecule has 6 aromatic rings. The van der Waals surface area contributed by atoms with Gasteiger partial charge < -0.3 is 10.3 Å². The van der Waals surface area contributed by atoms with Gasteiger partial charge in [-0.2, -0.15) is 5.10 Å². The van der Waals surface area contributed by atoms with E-state index in [2.05, 4.69) is 75.1 Å². The fourth-order valence-electron chi connectivity index (χ4n) is 5.00. The van der Waals surface area contributed by atoms with Crippen LogP contribution in [-0.4, -0.2) is 25.1 Å². The molecule has 0 aliphatic heterocycles. The Balaban J connectivity index is 1.32. The predicted molar refractivity (Wildman–Crippen MR) is 169 cm³/mol. The number of H-pyrrole nitrogens is 2. The molecule has 0 saturated heterocycles. The van der Waals surface area contributed by atoms with Gasteiger partial charge in [-0.15, -0.1) is 0 Å². The maximum atomic E-state index is 13.5. The van der Waals surface area contributed by atoms with Crippen LogP contribution >= 0.6 is 0 Å². The zero-order valence-electron chi connectivity index (χ0n) is 23.2. The van der Waals surface area contributed by atoms with E-state index in [1.165, 1.54) is 17.7 Å². The van der Waals surface area contributed by atoms with Crippen molar-refractivity contribution in [2.75, 3.05) is 0 Å². The van der Waals surface area contributed by atoms with Gasteiger partial charge in [0.1, 0.15) is 11.5 Å². The van der Waals surface area contributed by atoms with Crippen molar-refractivity contribution in [2.24, 2.45) is 0 Å². The number of nitrogens with one attached hydrogen (secondary N) is 3. The summed E-state index contributed by atoms with van der Waals surface area (Å²) in [5.74, 6) is 0.330. The summed E-state index contributed by atoms with van der Waals surface area (Å²) in [6, 6.07) is 22.7. The second-order valence-electron chi connectivity index (χ2n) is 9.95. The van der Waals surface area contributed by atoms with Crippen molar-refractivity contribution in [2.45, 2.75) is 13.3 Å². The third-order valence-electron chi connectivity index (χ3n) is 7.09. The van der Waals surface area contributed by atoms with E-state index in [1.54, 1.807) is 30.6 Å². The van der Waals surface area contributed by atoms with E-state index in [9.17, 15) is 4.39 Å². The van der Waals surface area contributed by atoms with E-state index in [1.807, 2.05) is 31.2 Å². The van der Waals surface area contributed by atoms with Crippen LogP contribution in [0.2, 0.25) is 0 Å². The molecule has 0 saturated carbocycles. The number of imidazole rings is 1. The van der Waals surface area contributed by atoms with E-state index in [4.69, 9.17) is 4.98 Å². The smallest absolute Gasteiger partial charge is 0.159 e. The highest BCUT2D eigenvalue weighted by atomic mass is 19.1. The minimum atomic E-state index is -0.288. The van der Waals surface area contributed by atoms with E-state index in [0.717, 1.165) is 62.0 Å². The number of pyridine rings is 1. The molecule has 42 heavy (non-hydrogen) atoms. The summed E-state index contributed by atoms with van der Waals surface area (Å²) in [5.41, 5.74) is 9.73. The van der Waals surface area contributed by atoms with Gasteiger partial charge in [0.25, 0.3) is 0 Å². The molecule has 6 rings (SSSR count). The third-order valence-corrected chi connectivity index (χ3v) is 7.09. The van der Waals surface area contributed by atoms with Crippen molar-refractivity contribution in [3.8, 4) is 22.6 Å². The monoisotopic (exact) mass is 552 g/mol. The van der Waals surface area contributed by atoms with Gasteiger partial charge in [-0.3, -0.25) is 10.1 Å². The fraction of sp³-hybridized carbons (Fsp3) is 0.0571. The van der Waals surface area contributed by atoms with Crippen LogP contribution in [-0.2, 0) is 6.42 Å². The first kappa shape index (κ1) is 26.7. The summed E-state index contributed by atoms with van der Waals surface area (Å²) in [6.07, 6.45) is 10.1. The first-order valence-corrected chi connectivity index (χ1v) is 13.6. The topological polar surface area (TPSA) is 82.3 Å². The van der Waals surface area contributed by atoms with Gasteiger partial charge in [0, 0.05) is 35.0 Å². The van der Waals surface area contributed by atoms with Gasteiger partial charge in [0.2, 0.25) is 0 Å². The number of hydrogen-bond donors (Lipinski definition) is 3. The van der Waals surface area contributed by atoms with Gasteiger partial charge in [0.15, 0.2) is 5.82 Å². The zero-order chi connectivity index (χ0) is 29.1. The number of nitrogens with zero attached hydrogens (tertiary/aromatic N) is 3. The van der Waals surface area contributed by atoms with E-state index < -0.39 is 0 Å². The van der Waals surface area contributed by atoms with Gasteiger partial charge in [-0.25, -0.2) is 9.37 Å². The van der Waals surface area contributed by atoms with Crippen LogP contribution in [0.3, 0.4) is 0 Å². The first-order chi connectivity index (χ1) is 20.5. The molecule has 3 heterocycles. The second-order valence-corrected chi connectivity index (χ2v) is 9.95. The fourth-order valence-corrected chi connectivity index (χ4v) is 5.00. The van der Waals surface area contributed by atoms with E-state index in [0.29, 0.717) is 11.5 Å². The molecule has 3 aromatic carbocycles. The minimum absolute atomic E-state index is 0.288. The van der Waals surface area contributed by atoms with Crippen LogP contribution in [0.5, 0.6) is 0 Å². The van der Waals surface area contributed by atoms with Crippen LogP contribution in [0.1, 0.15) is 18.1 Å². The predicted octanol–water partition coefficient (Wildman–Crippen LogP) is 8.13. The number of rotatable bonds is 9. The number of aromatic nitrogens is 5. The lowest BCUT2D eigenvalue weighted by Gasteiger charge is -2.12. The Hall–Kier alpha value is -5.56. The van der Waals surface area contributed by atoms with Crippen LogP contribution in [0.25, 0.3) is 50.2 Å². The van der Waals surface area contributed by atoms with E-state index >= 15 is 0 Å². The summed E-state index contributed by atoms with van der Waals surface area (Å²) < 4.78 is 13.5. The Morgan fingerprint density at radius 2 is 1.81 bits per heavy atom. The van der Waals surface area contributed by atoms with Gasteiger partial charge >= 0.3 is 0 Å². The lowest BCUT2D eigenvalue weighted by molar-refractivity contribution is 0.628. The van der Waals surface area contributed by atoms with Crippen molar-refractivity contribution < 1.29 is 4.39 Å².